The largest absolute Gasteiger partial charge is 0.483 e. The molecule has 1 aromatic carbocycles. The highest BCUT2D eigenvalue weighted by atomic mass is 35.5. The van der Waals surface area contributed by atoms with Crippen LogP contribution in [0.3, 0.4) is 0 Å². The number of nitrogens with zero attached hydrogens (tertiary/aromatic N) is 2. The molecule has 1 heterocycles. The highest BCUT2D eigenvalue weighted by molar-refractivity contribution is 6.42. The van der Waals surface area contributed by atoms with Gasteiger partial charge in [0.2, 0.25) is 5.95 Å². The van der Waals surface area contributed by atoms with Gasteiger partial charge in [0.05, 0.1) is 15.7 Å². The third kappa shape index (κ3) is 3.79. The van der Waals surface area contributed by atoms with Crippen LogP contribution < -0.4 is 16.2 Å². The number of aromatic nitrogens is 2. The lowest BCUT2D eigenvalue weighted by atomic mass is 10.2. The summed E-state index contributed by atoms with van der Waals surface area (Å²) < 4.78 is 5.60. The number of rotatable bonds is 3. The van der Waals surface area contributed by atoms with E-state index in [9.17, 15) is 0 Å². The molecule has 0 amide bonds. The molecular weight excluding hydrogens is 323 g/mol. The van der Waals surface area contributed by atoms with Gasteiger partial charge in [0.1, 0.15) is 6.61 Å². The minimum Gasteiger partial charge on any atom is -0.483 e. The van der Waals surface area contributed by atoms with Crippen molar-refractivity contribution in [2.45, 2.75) is 13.5 Å². The van der Waals surface area contributed by atoms with E-state index in [0.29, 0.717) is 21.5 Å². The summed E-state index contributed by atoms with van der Waals surface area (Å²) in [7, 11) is 0. The van der Waals surface area contributed by atoms with Gasteiger partial charge in [-0.25, -0.2) is 4.98 Å². The monoisotopic (exact) mass is 334 g/mol. The maximum absolute atomic E-state index is 5.93. The fourth-order valence-corrected chi connectivity index (χ4v) is 1.89. The first-order valence-corrected chi connectivity index (χ1v) is 6.19. The van der Waals surface area contributed by atoms with Gasteiger partial charge in [-0.05, 0) is 24.6 Å². The first-order valence-electron chi connectivity index (χ1n) is 5.43. The molecule has 0 saturated heterocycles. The van der Waals surface area contributed by atoms with Crippen molar-refractivity contribution in [1.82, 2.24) is 9.97 Å². The lowest BCUT2D eigenvalue weighted by Crippen LogP contribution is -2.06. The maximum atomic E-state index is 5.93. The van der Waals surface area contributed by atoms with E-state index in [2.05, 4.69) is 9.97 Å². The highest BCUT2D eigenvalue weighted by Gasteiger charge is 2.10. The fraction of sp³-hybridized carbons (Fsp3) is 0.167. The zero-order valence-corrected chi connectivity index (χ0v) is 12.9. The molecular formula is C12H13Cl3N4O. The molecule has 0 saturated carbocycles. The molecule has 5 nitrogen and oxygen atoms in total. The second-order valence-corrected chi connectivity index (χ2v) is 4.73. The number of nitrogens with two attached hydrogens (primary N) is 2. The average Bonchev–Trinajstić information content (AvgIpc) is 2.32. The second-order valence-electron chi connectivity index (χ2n) is 3.92. The second kappa shape index (κ2) is 6.83. The summed E-state index contributed by atoms with van der Waals surface area (Å²) in [5.41, 5.74) is 12.7. The van der Waals surface area contributed by atoms with Gasteiger partial charge in [0.25, 0.3) is 0 Å². The van der Waals surface area contributed by atoms with Gasteiger partial charge < -0.3 is 16.2 Å². The summed E-state index contributed by atoms with van der Waals surface area (Å²) in [4.78, 5) is 7.84. The van der Waals surface area contributed by atoms with Crippen LogP contribution in [0.15, 0.2) is 18.2 Å². The van der Waals surface area contributed by atoms with Crippen molar-refractivity contribution in [3.8, 4) is 5.75 Å². The van der Waals surface area contributed by atoms with E-state index in [1.165, 1.54) is 0 Å². The first kappa shape index (κ1) is 16.6. The van der Waals surface area contributed by atoms with Gasteiger partial charge >= 0.3 is 0 Å². The van der Waals surface area contributed by atoms with Crippen molar-refractivity contribution in [2.24, 2.45) is 0 Å². The number of aryl methyl sites for hydroxylation is 1. The Morgan fingerprint density at radius 3 is 2.45 bits per heavy atom. The molecule has 0 unspecified atom stereocenters. The molecule has 0 aliphatic heterocycles. The highest BCUT2D eigenvalue weighted by Crippen LogP contribution is 2.26. The molecule has 108 valence electrons. The first-order chi connectivity index (χ1) is 8.97. The van der Waals surface area contributed by atoms with E-state index < -0.39 is 0 Å². The molecule has 2 rings (SSSR count). The number of anilines is 2. The maximum Gasteiger partial charge on any atom is 0.222 e. The Bertz CT molecular complexity index is 599. The van der Waals surface area contributed by atoms with Crippen molar-refractivity contribution < 1.29 is 4.74 Å². The van der Waals surface area contributed by atoms with Crippen molar-refractivity contribution in [2.75, 3.05) is 11.5 Å². The van der Waals surface area contributed by atoms with Gasteiger partial charge in [-0.15, -0.1) is 12.4 Å². The van der Waals surface area contributed by atoms with Crippen LogP contribution in [0.1, 0.15) is 11.3 Å². The molecule has 0 aliphatic carbocycles. The van der Waals surface area contributed by atoms with Crippen LogP contribution in [0.4, 0.5) is 11.8 Å². The Hall–Kier alpha value is -1.43. The van der Waals surface area contributed by atoms with E-state index in [4.69, 9.17) is 39.4 Å². The average molecular weight is 336 g/mol. The van der Waals surface area contributed by atoms with Crippen LogP contribution in [0.5, 0.6) is 5.75 Å². The minimum absolute atomic E-state index is 0. The van der Waals surface area contributed by atoms with Crippen LogP contribution in [0, 0.1) is 6.92 Å². The van der Waals surface area contributed by atoms with Gasteiger partial charge in [-0.3, -0.25) is 0 Å². The predicted molar refractivity (Wildman–Crippen MR) is 83.6 cm³/mol. The van der Waals surface area contributed by atoms with Crippen LogP contribution in [0.2, 0.25) is 10.0 Å². The predicted octanol–water partition coefficient (Wildman–Crippen LogP) is 3.26. The molecule has 20 heavy (non-hydrogen) atoms. The molecule has 8 heteroatoms. The summed E-state index contributed by atoms with van der Waals surface area (Å²) in [5.74, 6) is 0.752. The van der Waals surface area contributed by atoms with E-state index in [0.717, 1.165) is 5.56 Å². The normalized spacial score (nSPS) is 9.95. The molecule has 4 N–H and O–H groups in total. The van der Waals surface area contributed by atoms with E-state index in [1.54, 1.807) is 19.1 Å². The number of halogens is 3. The number of ether oxygens (including phenoxy) is 1. The van der Waals surface area contributed by atoms with Crippen LogP contribution >= 0.6 is 35.6 Å². The SMILES string of the molecule is Cc1nc(N)nc(N)c1OCc1ccc(Cl)c(Cl)c1.Cl. The fourth-order valence-electron chi connectivity index (χ4n) is 1.57. The molecule has 0 atom stereocenters. The molecule has 0 spiro atoms. The minimum atomic E-state index is 0. The lowest BCUT2D eigenvalue weighted by Gasteiger charge is -2.11. The third-order valence-electron chi connectivity index (χ3n) is 2.45. The molecule has 0 fully saturated rings. The Labute approximate surface area is 132 Å². The molecule has 0 radical (unpaired) electrons. The van der Waals surface area contributed by atoms with Crippen molar-refractivity contribution in [1.29, 1.82) is 0 Å². The quantitative estimate of drug-likeness (QED) is 0.899. The van der Waals surface area contributed by atoms with Crippen LogP contribution in [-0.2, 0) is 6.61 Å². The van der Waals surface area contributed by atoms with E-state index in [1.807, 2.05) is 6.07 Å². The standard InChI is InChI=1S/C12H12Cl2N4O.ClH/c1-6-10(11(15)18-12(16)17-6)19-5-7-2-3-8(13)9(14)4-7;/h2-4H,5H2,1H3,(H4,15,16,17,18);1H. The number of benzene rings is 1. The van der Waals surface area contributed by atoms with Gasteiger partial charge in [-0.1, -0.05) is 29.3 Å². The molecule has 0 bridgehead atoms. The Balaban J connectivity index is 0.00000200. The van der Waals surface area contributed by atoms with Gasteiger partial charge in [0, 0.05) is 0 Å². The summed E-state index contributed by atoms with van der Waals surface area (Å²) in [6.45, 7) is 2.04. The smallest absolute Gasteiger partial charge is 0.222 e. The van der Waals surface area contributed by atoms with Gasteiger partial charge in [0.15, 0.2) is 11.6 Å². The van der Waals surface area contributed by atoms with Gasteiger partial charge in [-0.2, -0.15) is 4.98 Å². The molecule has 2 aromatic rings. The Morgan fingerprint density at radius 1 is 1.15 bits per heavy atom. The number of hydrogen-bond acceptors (Lipinski definition) is 5. The summed E-state index contributed by atoms with van der Waals surface area (Å²) >= 11 is 11.8. The third-order valence-corrected chi connectivity index (χ3v) is 3.18. The van der Waals surface area contributed by atoms with Crippen molar-refractivity contribution >= 4 is 47.4 Å². The van der Waals surface area contributed by atoms with Crippen molar-refractivity contribution in [3.63, 3.8) is 0 Å². The topological polar surface area (TPSA) is 87.0 Å². The summed E-state index contributed by atoms with van der Waals surface area (Å²) in [5, 5.41) is 0.970. The molecule has 0 aliphatic rings. The summed E-state index contributed by atoms with van der Waals surface area (Å²) in [6.07, 6.45) is 0. The van der Waals surface area contributed by atoms with Crippen LogP contribution in [-0.4, -0.2) is 9.97 Å². The van der Waals surface area contributed by atoms with E-state index in [-0.39, 0.29) is 30.8 Å². The number of nitrogen functional groups attached to an aromatic ring is 2. The van der Waals surface area contributed by atoms with E-state index >= 15 is 0 Å². The zero-order chi connectivity index (χ0) is 14.0. The number of hydrogen-bond donors (Lipinski definition) is 2. The lowest BCUT2D eigenvalue weighted by molar-refractivity contribution is 0.303. The summed E-state index contributed by atoms with van der Waals surface area (Å²) in [6, 6.07) is 5.25. The van der Waals surface area contributed by atoms with Crippen molar-refractivity contribution in [3.05, 3.63) is 39.5 Å². The van der Waals surface area contributed by atoms with Crippen LogP contribution in [0.25, 0.3) is 0 Å². The zero-order valence-electron chi connectivity index (χ0n) is 10.6. The Kier molecular flexibility index (Phi) is 5.68. The molecule has 1 aromatic heterocycles. The Morgan fingerprint density at radius 2 is 1.85 bits per heavy atom.